The molecule has 3 aromatic rings. The van der Waals surface area contributed by atoms with Gasteiger partial charge in [-0.15, -0.1) is 12.4 Å². The number of aliphatic carboxylic acids is 1. The number of anilines is 1. The van der Waals surface area contributed by atoms with Crippen molar-refractivity contribution in [1.29, 1.82) is 0 Å². The molecule has 1 aliphatic rings. The molecule has 0 amide bonds. The van der Waals surface area contributed by atoms with Gasteiger partial charge in [-0.1, -0.05) is 29.3 Å². The van der Waals surface area contributed by atoms with Gasteiger partial charge < -0.3 is 19.9 Å². The predicted octanol–water partition coefficient (Wildman–Crippen LogP) is 4.92. The number of hydrogen-bond donors (Lipinski definition) is 2. The Morgan fingerprint density at radius 2 is 2.03 bits per heavy atom. The third-order valence-electron chi connectivity index (χ3n) is 4.91. The van der Waals surface area contributed by atoms with Gasteiger partial charge in [0, 0.05) is 34.6 Å². The fraction of sp³-hybridized carbons (Fsp3) is 0.227. The summed E-state index contributed by atoms with van der Waals surface area (Å²) in [6, 6.07) is 13.0. The minimum absolute atomic E-state index is 0. The standard InChI is InChI=1S/C22H19Cl2N3O4.ClH/c1-30-22-26-17(13-3-5-18-14(8-13)9-19(31-18)21(28)29)11-20(27-22)25-7-6-12-2-4-15(23)10-16(12)24;/h2-5,8,10-11,19H,6-7,9H2,1H3,(H,28,29)(H,25,26,27);1H. The lowest BCUT2D eigenvalue weighted by atomic mass is 10.0. The Morgan fingerprint density at radius 1 is 1.22 bits per heavy atom. The monoisotopic (exact) mass is 495 g/mol. The third kappa shape index (κ3) is 5.35. The van der Waals surface area contributed by atoms with Crippen LogP contribution in [-0.4, -0.2) is 40.8 Å². The van der Waals surface area contributed by atoms with Gasteiger partial charge in [0.15, 0.2) is 6.10 Å². The van der Waals surface area contributed by atoms with Crippen molar-refractivity contribution in [2.24, 2.45) is 0 Å². The molecule has 0 radical (unpaired) electrons. The van der Waals surface area contributed by atoms with Crippen LogP contribution in [0.2, 0.25) is 10.0 Å². The molecule has 1 aromatic heterocycles. The SMILES string of the molecule is COc1nc(NCCc2ccc(Cl)cc2Cl)cc(-c2ccc3c(c2)CC(C(=O)O)O3)n1.Cl. The Kier molecular flexibility index (Phi) is 7.66. The van der Waals surface area contributed by atoms with Gasteiger partial charge in [-0.2, -0.15) is 9.97 Å². The van der Waals surface area contributed by atoms with E-state index in [1.807, 2.05) is 24.3 Å². The fourth-order valence-electron chi connectivity index (χ4n) is 3.35. The Bertz CT molecular complexity index is 1140. The molecule has 0 bridgehead atoms. The van der Waals surface area contributed by atoms with Gasteiger partial charge in [0.2, 0.25) is 0 Å². The van der Waals surface area contributed by atoms with E-state index in [0.29, 0.717) is 46.7 Å². The van der Waals surface area contributed by atoms with Crippen LogP contribution in [0.4, 0.5) is 5.82 Å². The summed E-state index contributed by atoms with van der Waals surface area (Å²) in [5.41, 5.74) is 3.28. The molecular formula is C22H20Cl3N3O4. The summed E-state index contributed by atoms with van der Waals surface area (Å²) >= 11 is 12.2. The molecule has 0 saturated heterocycles. The molecule has 32 heavy (non-hydrogen) atoms. The van der Waals surface area contributed by atoms with Crippen LogP contribution in [0.3, 0.4) is 0 Å². The Morgan fingerprint density at radius 3 is 2.75 bits per heavy atom. The van der Waals surface area contributed by atoms with E-state index in [2.05, 4.69) is 15.3 Å². The van der Waals surface area contributed by atoms with Crippen molar-refractivity contribution in [3.05, 3.63) is 63.6 Å². The molecule has 2 heterocycles. The summed E-state index contributed by atoms with van der Waals surface area (Å²) in [5.74, 6) is 0.205. The van der Waals surface area contributed by atoms with Crippen molar-refractivity contribution in [2.75, 3.05) is 19.0 Å². The van der Waals surface area contributed by atoms with Gasteiger partial charge in [0.05, 0.1) is 12.8 Å². The van der Waals surface area contributed by atoms with Crippen LogP contribution in [0, 0.1) is 0 Å². The Balaban J connectivity index is 0.00000289. The number of rotatable bonds is 7. The number of halogens is 3. The summed E-state index contributed by atoms with van der Waals surface area (Å²) in [5, 5.41) is 13.7. The fourth-order valence-corrected chi connectivity index (χ4v) is 3.85. The largest absolute Gasteiger partial charge is 0.478 e. The topological polar surface area (TPSA) is 93.6 Å². The van der Waals surface area contributed by atoms with Crippen molar-refractivity contribution in [3.63, 3.8) is 0 Å². The van der Waals surface area contributed by atoms with Crippen molar-refractivity contribution in [1.82, 2.24) is 9.97 Å². The Hall–Kier alpha value is -2.74. The number of ether oxygens (including phenoxy) is 2. The number of nitrogens with one attached hydrogen (secondary N) is 1. The van der Waals surface area contributed by atoms with E-state index in [1.165, 1.54) is 7.11 Å². The highest BCUT2D eigenvalue weighted by Gasteiger charge is 2.29. The van der Waals surface area contributed by atoms with Crippen LogP contribution in [-0.2, 0) is 17.6 Å². The zero-order valence-corrected chi connectivity index (χ0v) is 19.3. The van der Waals surface area contributed by atoms with E-state index < -0.39 is 12.1 Å². The summed E-state index contributed by atoms with van der Waals surface area (Å²) in [6.45, 7) is 0.597. The first-order chi connectivity index (χ1) is 14.9. The minimum Gasteiger partial charge on any atom is -0.478 e. The number of nitrogens with zero attached hydrogens (tertiary/aromatic N) is 2. The summed E-state index contributed by atoms with van der Waals surface area (Å²) in [4.78, 5) is 20.0. The van der Waals surface area contributed by atoms with Gasteiger partial charge in [0.1, 0.15) is 11.6 Å². The second-order valence-corrected chi connectivity index (χ2v) is 7.85. The van der Waals surface area contributed by atoms with Crippen LogP contribution >= 0.6 is 35.6 Å². The molecule has 0 aliphatic carbocycles. The van der Waals surface area contributed by atoms with Crippen molar-refractivity contribution < 1.29 is 19.4 Å². The van der Waals surface area contributed by atoms with Crippen molar-refractivity contribution >= 4 is 47.4 Å². The van der Waals surface area contributed by atoms with E-state index in [9.17, 15) is 9.90 Å². The maximum atomic E-state index is 11.2. The number of methoxy groups -OCH3 is 1. The summed E-state index contributed by atoms with van der Waals surface area (Å²) in [6.07, 6.45) is 0.139. The van der Waals surface area contributed by atoms with Gasteiger partial charge in [-0.3, -0.25) is 0 Å². The van der Waals surface area contributed by atoms with Crippen LogP contribution < -0.4 is 14.8 Å². The molecule has 0 spiro atoms. The maximum absolute atomic E-state index is 11.2. The molecule has 1 atom stereocenters. The van der Waals surface area contributed by atoms with Crippen LogP contribution in [0.5, 0.6) is 11.8 Å². The molecule has 1 aliphatic heterocycles. The lowest BCUT2D eigenvalue weighted by molar-refractivity contribution is -0.144. The highest BCUT2D eigenvalue weighted by atomic mass is 35.5. The summed E-state index contributed by atoms with van der Waals surface area (Å²) < 4.78 is 10.7. The lowest BCUT2D eigenvalue weighted by Crippen LogP contribution is -2.24. The molecular weight excluding hydrogens is 477 g/mol. The Labute approximate surface area is 201 Å². The number of fused-ring (bicyclic) bond motifs is 1. The number of hydrogen-bond acceptors (Lipinski definition) is 6. The molecule has 2 aromatic carbocycles. The van der Waals surface area contributed by atoms with E-state index >= 15 is 0 Å². The molecule has 2 N–H and O–H groups in total. The molecule has 0 saturated carbocycles. The number of carbonyl (C=O) groups is 1. The first-order valence-electron chi connectivity index (χ1n) is 9.56. The van der Waals surface area contributed by atoms with E-state index in [0.717, 1.165) is 16.7 Å². The first-order valence-corrected chi connectivity index (χ1v) is 10.3. The number of benzene rings is 2. The van der Waals surface area contributed by atoms with E-state index in [-0.39, 0.29) is 18.4 Å². The normalized spacial score (nSPS) is 14.2. The predicted molar refractivity (Wildman–Crippen MR) is 126 cm³/mol. The smallest absolute Gasteiger partial charge is 0.345 e. The van der Waals surface area contributed by atoms with Gasteiger partial charge in [-0.25, -0.2) is 4.79 Å². The van der Waals surface area contributed by atoms with E-state index in [1.54, 1.807) is 18.2 Å². The average Bonchev–Trinajstić information content (AvgIpc) is 3.19. The van der Waals surface area contributed by atoms with Gasteiger partial charge in [0.25, 0.3) is 0 Å². The summed E-state index contributed by atoms with van der Waals surface area (Å²) in [7, 11) is 1.50. The minimum atomic E-state index is -0.978. The van der Waals surface area contributed by atoms with Gasteiger partial charge in [-0.05, 0) is 47.9 Å². The lowest BCUT2D eigenvalue weighted by Gasteiger charge is -2.11. The zero-order chi connectivity index (χ0) is 22.0. The highest BCUT2D eigenvalue weighted by Crippen LogP contribution is 2.33. The van der Waals surface area contributed by atoms with Crippen LogP contribution in [0.1, 0.15) is 11.1 Å². The van der Waals surface area contributed by atoms with E-state index in [4.69, 9.17) is 32.7 Å². The third-order valence-corrected chi connectivity index (χ3v) is 5.50. The molecule has 168 valence electrons. The number of carboxylic acids is 1. The van der Waals surface area contributed by atoms with Crippen LogP contribution in [0.25, 0.3) is 11.3 Å². The quantitative estimate of drug-likeness (QED) is 0.479. The van der Waals surface area contributed by atoms with Gasteiger partial charge >= 0.3 is 12.0 Å². The van der Waals surface area contributed by atoms with Crippen LogP contribution in [0.15, 0.2) is 42.5 Å². The molecule has 7 nitrogen and oxygen atoms in total. The maximum Gasteiger partial charge on any atom is 0.345 e. The number of aromatic nitrogens is 2. The average molecular weight is 497 g/mol. The van der Waals surface area contributed by atoms with Crippen molar-refractivity contribution in [2.45, 2.75) is 18.9 Å². The second kappa shape index (κ2) is 10.3. The number of carboxylic acid groups (broad SMARTS) is 1. The second-order valence-electron chi connectivity index (χ2n) is 7.01. The highest BCUT2D eigenvalue weighted by molar-refractivity contribution is 6.35. The first kappa shape index (κ1) is 23.9. The molecule has 1 unspecified atom stereocenters. The molecule has 0 fully saturated rings. The molecule has 4 rings (SSSR count). The van der Waals surface area contributed by atoms with Crippen molar-refractivity contribution in [3.8, 4) is 23.0 Å². The zero-order valence-electron chi connectivity index (χ0n) is 17.0. The molecule has 10 heteroatoms.